The van der Waals surface area contributed by atoms with E-state index >= 15 is 0 Å². The minimum Gasteiger partial charge on any atom is -0.326 e. The van der Waals surface area contributed by atoms with Crippen LogP contribution in [0.4, 0.5) is 8.78 Å². The van der Waals surface area contributed by atoms with Crippen LogP contribution in [0.1, 0.15) is 11.1 Å². The van der Waals surface area contributed by atoms with Crippen LogP contribution in [0, 0.1) is 11.6 Å². The molecule has 3 N–H and O–H groups in total. The summed E-state index contributed by atoms with van der Waals surface area (Å²) >= 11 is 0. The Morgan fingerprint density at radius 2 is 1.71 bits per heavy atom. The van der Waals surface area contributed by atoms with Crippen molar-refractivity contribution in [2.24, 2.45) is 5.73 Å². The van der Waals surface area contributed by atoms with Crippen molar-refractivity contribution in [2.45, 2.75) is 18.0 Å². The van der Waals surface area contributed by atoms with Crippen LogP contribution in [0.2, 0.25) is 0 Å². The van der Waals surface area contributed by atoms with Crippen LogP contribution in [0.15, 0.2) is 47.4 Å². The highest BCUT2D eigenvalue weighted by Crippen LogP contribution is 2.20. The first kappa shape index (κ1) is 15.6. The van der Waals surface area contributed by atoms with Crippen molar-refractivity contribution < 1.29 is 17.2 Å². The van der Waals surface area contributed by atoms with Gasteiger partial charge in [-0.3, -0.25) is 0 Å². The number of nitrogens with two attached hydrogens (primary N) is 1. The highest BCUT2D eigenvalue weighted by atomic mass is 32.2. The smallest absolute Gasteiger partial charge is 0.243 e. The van der Waals surface area contributed by atoms with Crippen LogP contribution in [-0.2, 0) is 23.1 Å². The van der Waals surface area contributed by atoms with Gasteiger partial charge in [0.1, 0.15) is 4.90 Å². The summed E-state index contributed by atoms with van der Waals surface area (Å²) in [6.07, 6.45) is 0. The molecule has 0 unspecified atom stereocenters. The molecule has 112 valence electrons. The van der Waals surface area contributed by atoms with Crippen LogP contribution in [0.3, 0.4) is 0 Å². The SMILES string of the molecule is NCc1cc(F)c(F)c(S(=O)(=O)NCc2ccccc2)c1. The summed E-state index contributed by atoms with van der Waals surface area (Å²) in [6, 6.07) is 10.6. The third kappa shape index (κ3) is 3.63. The second-order valence-corrected chi connectivity index (χ2v) is 6.14. The molecule has 0 fully saturated rings. The maximum absolute atomic E-state index is 13.7. The molecular weight excluding hydrogens is 298 g/mol. The van der Waals surface area contributed by atoms with Gasteiger partial charge < -0.3 is 5.73 Å². The lowest BCUT2D eigenvalue weighted by Gasteiger charge is -2.10. The number of sulfonamides is 1. The number of nitrogens with one attached hydrogen (secondary N) is 1. The van der Waals surface area contributed by atoms with Crippen molar-refractivity contribution in [2.75, 3.05) is 0 Å². The van der Waals surface area contributed by atoms with Crippen molar-refractivity contribution in [3.63, 3.8) is 0 Å². The molecule has 2 aromatic rings. The van der Waals surface area contributed by atoms with E-state index in [4.69, 9.17) is 5.73 Å². The van der Waals surface area contributed by atoms with Crippen LogP contribution in [-0.4, -0.2) is 8.42 Å². The van der Waals surface area contributed by atoms with Gasteiger partial charge in [0.15, 0.2) is 11.6 Å². The first-order chi connectivity index (χ1) is 9.94. The molecule has 0 amide bonds. The van der Waals surface area contributed by atoms with Gasteiger partial charge in [-0.05, 0) is 23.3 Å². The summed E-state index contributed by atoms with van der Waals surface area (Å²) in [6.45, 7) is -0.102. The second kappa shape index (κ2) is 6.30. The molecule has 0 saturated heterocycles. The molecule has 4 nitrogen and oxygen atoms in total. The zero-order valence-electron chi connectivity index (χ0n) is 11.0. The Morgan fingerprint density at radius 3 is 2.33 bits per heavy atom. The molecule has 21 heavy (non-hydrogen) atoms. The zero-order valence-corrected chi connectivity index (χ0v) is 11.8. The van der Waals surface area contributed by atoms with E-state index in [1.54, 1.807) is 30.3 Å². The van der Waals surface area contributed by atoms with Gasteiger partial charge in [0.05, 0.1) is 0 Å². The van der Waals surface area contributed by atoms with Gasteiger partial charge in [-0.1, -0.05) is 30.3 Å². The first-order valence-corrected chi connectivity index (χ1v) is 7.64. The van der Waals surface area contributed by atoms with E-state index in [1.807, 2.05) is 0 Å². The average molecular weight is 312 g/mol. The van der Waals surface area contributed by atoms with E-state index in [-0.39, 0.29) is 18.7 Å². The van der Waals surface area contributed by atoms with Crippen molar-refractivity contribution in [3.05, 3.63) is 65.2 Å². The Balaban J connectivity index is 2.29. The summed E-state index contributed by atoms with van der Waals surface area (Å²) in [5.41, 5.74) is 6.25. The van der Waals surface area contributed by atoms with Gasteiger partial charge >= 0.3 is 0 Å². The van der Waals surface area contributed by atoms with E-state index in [0.717, 1.165) is 12.1 Å². The summed E-state index contributed by atoms with van der Waals surface area (Å²) in [5, 5.41) is 0. The largest absolute Gasteiger partial charge is 0.326 e. The van der Waals surface area contributed by atoms with Crippen molar-refractivity contribution in [1.29, 1.82) is 0 Å². The molecule has 0 aromatic heterocycles. The molecule has 0 aliphatic heterocycles. The van der Waals surface area contributed by atoms with Crippen LogP contribution >= 0.6 is 0 Å². The predicted octanol–water partition coefficient (Wildman–Crippen LogP) is 1.90. The second-order valence-electron chi connectivity index (χ2n) is 4.40. The highest BCUT2D eigenvalue weighted by molar-refractivity contribution is 7.89. The number of halogens is 2. The molecule has 0 spiro atoms. The van der Waals surface area contributed by atoms with Gasteiger partial charge in [0.2, 0.25) is 10.0 Å². The standard InChI is InChI=1S/C14H14F2N2O2S/c15-12-6-11(8-17)7-13(14(12)16)21(19,20)18-9-10-4-2-1-3-5-10/h1-7,18H,8-9,17H2. The Morgan fingerprint density at radius 1 is 1.05 bits per heavy atom. The maximum Gasteiger partial charge on any atom is 0.243 e. The minimum absolute atomic E-state index is 0.0168. The van der Waals surface area contributed by atoms with E-state index in [2.05, 4.69) is 4.72 Å². The lowest BCUT2D eigenvalue weighted by molar-refractivity contribution is 0.481. The Bertz CT molecular complexity index is 734. The minimum atomic E-state index is -4.16. The Labute approximate surface area is 121 Å². The summed E-state index contributed by atoms with van der Waals surface area (Å²) in [4.78, 5) is -0.737. The monoisotopic (exact) mass is 312 g/mol. The predicted molar refractivity (Wildman–Crippen MR) is 74.7 cm³/mol. The molecule has 0 saturated carbocycles. The van der Waals surface area contributed by atoms with Crippen molar-refractivity contribution >= 4 is 10.0 Å². The molecule has 0 aliphatic carbocycles. The number of rotatable bonds is 5. The Kier molecular flexibility index (Phi) is 4.66. The molecule has 2 aromatic carbocycles. The molecule has 0 bridgehead atoms. The Hall–Kier alpha value is -1.83. The maximum atomic E-state index is 13.7. The fourth-order valence-electron chi connectivity index (χ4n) is 1.78. The molecule has 0 radical (unpaired) electrons. The molecule has 7 heteroatoms. The third-order valence-corrected chi connectivity index (χ3v) is 4.29. The number of hydrogen-bond donors (Lipinski definition) is 2. The van der Waals surface area contributed by atoms with E-state index in [9.17, 15) is 17.2 Å². The fraction of sp³-hybridized carbons (Fsp3) is 0.143. The molecule has 0 aliphatic rings. The molecule has 0 atom stereocenters. The summed E-state index contributed by atoms with van der Waals surface area (Å²) in [7, 11) is -4.16. The van der Waals surface area contributed by atoms with E-state index < -0.39 is 26.6 Å². The third-order valence-electron chi connectivity index (χ3n) is 2.89. The van der Waals surface area contributed by atoms with Gasteiger partial charge in [0.25, 0.3) is 0 Å². The van der Waals surface area contributed by atoms with Crippen molar-refractivity contribution in [1.82, 2.24) is 4.72 Å². The van der Waals surface area contributed by atoms with Gasteiger partial charge in [0, 0.05) is 13.1 Å². The molecular formula is C14H14F2N2O2S. The van der Waals surface area contributed by atoms with Crippen LogP contribution in [0.25, 0.3) is 0 Å². The van der Waals surface area contributed by atoms with Gasteiger partial charge in [-0.2, -0.15) is 0 Å². The van der Waals surface area contributed by atoms with Gasteiger partial charge in [-0.15, -0.1) is 0 Å². The summed E-state index contributed by atoms with van der Waals surface area (Å²) < 4.78 is 53.5. The van der Waals surface area contributed by atoms with E-state index in [1.165, 1.54) is 0 Å². The normalized spacial score (nSPS) is 11.6. The molecule has 0 heterocycles. The number of benzene rings is 2. The fourth-order valence-corrected chi connectivity index (χ4v) is 2.93. The average Bonchev–Trinajstić information content (AvgIpc) is 2.48. The highest BCUT2D eigenvalue weighted by Gasteiger charge is 2.22. The lowest BCUT2D eigenvalue weighted by Crippen LogP contribution is -2.25. The van der Waals surface area contributed by atoms with Gasteiger partial charge in [-0.25, -0.2) is 21.9 Å². The number of hydrogen-bond acceptors (Lipinski definition) is 3. The summed E-state index contributed by atoms with van der Waals surface area (Å²) in [5.74, 6) is -2.65. The quantitative estimate of drug-likeness (QED) is 0.886. The van der Waals surface area contributed by atoms with Crippen LogP contribution in [0.5, 0.6) is 0 Å². The van der Waals surface area contributed by atoms with E-state index in [0.29, 0.717) is 5.56 Å². The van der Waals surface area contributed by atoms with Crippen molar-refractivity contribution in [3.8, 4) is 0 Å². The zero-order chi connectivity index (χ0) is 15.5. The topological polar surface area (TPSA) is 72.2 Å². The lowest BCUT2D eigenvalue weighted by atomic mass is 10.2. The van der Waals surface area contributed by atoms with Crippen LogP contribution < -0.4 is 10.5 Å². The first-order valence-electron chi connectivity index (χ1n) is 6.15. The molecule has 2 rings (SSSR count).